The van der Waals surface area contributed by atoms with Crippen molar-refractivity contribution in [3.63, 3.8) is 0 Å². The standard InChI is InChI=1S/C14H23NO2/c1-4-11(5-2)10-17-14-8-12(9-15)6-7-13(14)16-3/h6-8,11H,4-5,9-10,15H2,1-3H3. The molecular weight excluding hydrogens is 214 g/mol. The van der Waals surface area contributed by atoms with Gasteiger partial charge < -0.3 is 15.2 Å². The van der Waals surface area contributed by atoms with Crippen LogP contribution in [0.3, 0.4) is 0 Å². The van der Waals surface area contributed by atoms with Crippen molar-refractivity contribution in [1.29, 1.82) is 0 Å². The third kappa shape index (κ3) is 3.93. The van der Waals surface area contributed by atoms with Crippen LogP contribution in [-0.4, -0.2) is 13.7 Å². The van der Waals surface area contributed by atoms with Crippen LogP contribution in [0.15, 0.2) is 18.2 Å². The van der Waals surface area contributed by atoms with Crippen LogP contribution in [0, 0.1) is 5.92 Å². The van der Waals surface area contributed by atoms with Gasteiger partial charge in [-0.1, -0.05) is 32.8 Å². The van der Waals surface area contributed by atoms with Crippen LogP contribution in [0.2, 0.25) is 0 Å². The Bertz CT molecular complexity index is 335. The van der Waals surface area contributed by atoms with Gasteiger partial charge in [0, 0.05) is 6.54 Å². The Labute approximate surface area is 104 Å². The van der Waals surface area contributed by atoms with Crippen molar-refractivity contribution in [2.24, 2.45) is 11.7 Å². The summed E-state index contributed by atoms with van der Waals surface area (Å²) in [4.78, 5) is 0. The monoisotopic (exact) mass is 237 g/mol. The molecule has 2 N–H and O–H groups in total. The van der Waals surface area contributed by atoms with Gasteiger partial charge >= 0.3 is 0 Å². The summed E-state index contributed by atoms with van der Waals surface area (Å²) in [6.45, 7) is 5.62. The maximum Gasteiger partial charge on any atom is 0.161 e. The van der Waals surface area contributed by atoms with E-state index in [1.54, 1.807) is 7.11 Å². The zero-order valence-electron chi connectivity index (χ0n) is 11.0. The molecule has 96 valence electrons. The predicted molar refractivity (Wildman–Crippen MR) is 70.5 cm³/mol. The molecule has 0 saturated carbocycles. The van der Waals surface area contributed by atoms with Gasteiger partial charge in [0.05, 0.1) is 13.7 Å². The molecule has 0 heterocycles. The van der Waals surface area contributed by atoms with Gasteiger partial charge in [-0.05, 0) is 23.6 Å². The number of rotatable bonds is 7. The molecule has 0 aliphatic carbocycles. The molecule has 0 saturated heterocycles. The van der Waals surface area contributed by atoms with E-state index in [4.69, 9.17) is 15.2 Å². The lowest BCUT2D eigenvalue weighted by Gasteiger charge is -2.16. The molecule has 1 rings (SSSR count). The van der Waals surface area contributed by atoms with Gasteiger partial charge in [0.1, 0.15) is 0 Å². The van der Waals surface area contributed by atoms with Gasteiger partial charge in [0.25, 0.3) is 0 Å². The maximum atomic E-state index is 5.83. The summed E-state index contributed by atoms with van der Waals surface area (Å²) in [5.41, 5.74) is 6.68. The zero-order valence-corrected chi connectivity index (χ0v) is 11.0. The van der Waals surface area contributed by atoms with Crippen molar-refractivity contribution in [3.05, 3.63) is 23.8 Å². The lowest BCUT2D eigenvalue weighted by Crippen LogP contribution is -2.11. The quantitative estimate of drug-likeness (QED) is 0.793. The molecule has 3 heteroatoms. The third-order valence-electron chi connectivity index (χ3n) is 3.09. The third-order valence-corrected chi connectivity index (χ3v) is 3.09. The molecule has 1 aromatic carbocycles. The van der Waals surface area contributed by atoms with E-state index in [-0.39, 0.29) is 0 Å². The molecule has 0 spiro atoms. The summed E-state index contributed by atoms with van der Waals surface area (Å²) < 4.78 is 11.1. The first-order valence-electron chi connectivity index (χ1n) is 6.24. The Kier molecular flexibility index (Phi) is 5.84. The molecule has 0 amide bonds. The molecule has 0 aliphatic rings. The van der Waals surface area contributed by atoms with E-state index in [9.17, 15) is 0 Å². The molecule has 0 fully saturated rings. The Morgan fingerprint density at radius 2 is 1.88 bits per heavy atom. The average molecular weight is 237 g/mol. The van der Waals surface area contributed by atoms with Crippen molar-refractivity contribution >= 4 is 0 Å². The Morgan fingerprint density at radius 3 is 2.41 bits per heavy atom. The Balaban J connectivity index is 2.73. The molecule has 17 heavy (non-hydrogen) atoms. The highest BCUT2D eigenvalue weighted by molar-refractivity contribution is 5.42. The molecule has 0 aliphatic heterocycles. The highest BCUT2D eigenvalue weighted by atomic mass is 16.5. The largest absolute Gasteiger partial charge is 0.493 e. The van der Waals surface area contributed by atoms with Crippen molar-refractivity contribution in [3.8, 4) is 11.5 Å². The molecular formula is C14H23NO2. The summed E-state index contributed by atoms with van der Waals surface area (Å²) >= 11 is 0. The number of benzene rings is 1. The summed E-state index contributed by atoms with van der Waals surface area (Å²) in [5, 5.41) is 0. The second-order valence-electron chi connectivity index (χ2n) is 4.18. The first kappa shape index (κ1) is 13.8. The number of methoxy groups -OCH3 is 1. The number of hydrogen-bond acceptors (Lipinski definition) is 3. The Hall–Kier alpha value is -1.22. The minimum atomic E-state index is 0.519. The summed E-state index contributed by atoms with van der Waals surface area (Å²) in [6.07, 6.45) is 2.27. The number of ether oxygens (including phenoxy) is 2. The van der Waals surface area contributed by atoms with E-state index in [0.717, 1.165) is 36.5 Å². The fourth-order valence-corrected chi connectivity index (χ4v) is 1.69. The van der Waals surface area contributed by atoms with Gasteiger partial charge in [0.2, 0.25) is 0 Å². The summed E-state index contributed by atoms with van der Waals surface area (Å²) in [5.74, 6) is 2.16. The molecule has 3 nitrogen and oxygen atoms in total. The van der Waals surface area contributed by atoms with E-state index >= 15 is 0 Å². The van der Waals surface area contributed by atoms with Crippen molar-refractivity contribution in [2.45, 2.75) is 33.2 Å². The smallest absolute Gasteiger partial charge is 0.161 e. The fourth-order valence-electron chi connectivity index (χ4n) is 1.69. The van der Waals surface area contributed by atoms with Gasteiger partial charge in [0.15, 0.2) is 11.5 Å². The molecule has 0 atom stereocenters. The molecule has 1 aromatic rings. The average Bonchev–Trinajstić information content (AvgIpc) is 2.39. The second-order valence-corrected chi connectivity index (χ2v) is 4.18. The van der Waals surface area contributed by atoms with Crippen LogP contribution < -0.4 is 15.2 Å². The molecule has 0 aromatic heterocycles. The predicted octanol–water partition coefficient (Wildman–Crippen LogP) is 2.97. The van der Waals surface area contributed by atoms with Crippen molar-refractivity contribution in [1.82, 2.24) is 0 Å². The van der Waals surface area contributed by atoms with E-state index in [1.807, 2.05) is 18.2 Å². The van der Waals surface area contributed by atoms with Crippen LogP contribution in [-0.2, 0) is 6.54 Å². The first-order valence-corrected chi connectivity index (χ1v) is 6.24. The van der Waals surface area contributed by atoms with Crippen LogP contribution in [0.1, 0.15) is 32.3 Å². The van der Waals surface area contributed by atoms with Gasteiger partial charge in [-0.2, -0.15) is 0 Å². The minimum Gasteiger partial charge on any atom is -0.493 e. The molecule has 0 radical (unpaired) electrons. The highest BCUT2D eigenvalue weighted by Crippen LogP contribution is 2.28. The lowest BCUT2D eigenvalue weighted by molar-refractivity contribution is 0.230. The van der Waals surface area contributed by atoms with E-state index < -0.39 is 0 Å². The minimum absolute atomic E-state index is 0.519. The van der Waals surface area contributed by atoms with Crippen molar-refractivity contribution in [2.75, 3.05) is 13.7 Å². The number of nitrogens with two attached hydrogens (primary N) is 1. The van der Waals surface area contributed by atoms with Crippen LogP contribution >= 0.6 is 0 Å². The van der Waals surface area contributed by atoms with Crippen LogP contribution in [0.5, 0.6) is 11.5 Å². The number of hydrogen-bond donors (Lipinski definition) is 1. The zero-order chi connectivity index (χ0) is 12.7. The highest BCUT2D eigenvalue weighted by Gasteiger charge is 2.09. The fraction of sp³-hybridized carbons (Fsp3) is 0.571. The summed E-state index contributed by atoms with van der Waals surface area (Å²) in [7, 11) is 1.65. The van der Waals surface area contributed by atoms with Gasteiger partial charge in [-0.3, -0.25) is 0 Å². The lowest BCUT2D eigenvalue weighted by atomic mass is 10.1. The van der Waals surface area contributed by atoms with Gasteiger partial charge in [-0.15, -0.1) is 0 Å². The Morgan fingerprint density at radius 1 is 1.18 bits per heavy atom. The summed E-state index contributed by atoms with van der Waals surface area (Å²) in [6, 6.07) is 5.83. The first-order chi connectivity index (χ1) is 8.24. The van der Waals surface area contributed by atoms with E-state index in [2.05, 4.69) is 13.8 Å². The maximum absolute atomic E-state index is 5.83. The van der Waals surface area contributed by atoms with Gasteiger partial charge in [-0.25, -0.2) is 0 Å². The van der Waals surface area contributed by atoms with Crippen LogP contribution in [0.25, 0.3) is 0 Å². The SMILES string of the molecule is CCC(CC)COc1cc(CN)ccc1OC. The molecule has 0 unspecified atom stereocenters. The van der Waals surface area contributed by atoms with Crippen LogP contribution in [0.4, 0.5) is 0 Å². The second kappa shape index (κ2) is 7.17. The molecule has 0 bridgehead atoms. The topological polar surface area (TPSA) is 44.5 Å². The van der Waals surface area contributed by atoms with Crippen molar-refractivity contribution < 1.29 is 9.47 Å². The van der Waals surface area contributed by atoms with E-state index in [0.29, 0.717) is 12.5 Å². The van der Waals surface area contributed by atoms with E-state index in [1.165, 1.54) is 0 Å². The normalized spacial score (nSPS) is 10.6.